The van der Waals surface area contributed by atoms with Crippen LogP contribution in [0.1, 0.15) is 39.5 Å². The Morgan fingerprint density at radius 1 is 1.25 bits per heavy atom. The van der Waals surface area contributed by atoms with E-state index in [1.807, 2.05) is 7.05 Å². The zero-order chi connectivity index (χ0) is 12.0. The van der Waals surface area contributed by atoms with Crippen LogP contribution in [-0.4, -0.2) is 39.5 Å². The Morgan fingerprint density at radius 2 is 1.88 bits per heavy atom. The largest absolute Gasteiger partial charge is 0.383 e. The minimum Gasteiger partial charge on any atom is -0.383 e. The molecule has 1 rings (SSSR count). The first-order chi connectivity index (χ1) is 7.57. The van der Waals surface area contributed by atoms with E-state index < -0.39 is 0 Å². The van der Waals surface area contributed by atoms with E-state index >= 15 is 0 Å². The maximum atomic E-state index is 5.94. The number of likely N-dealkylation sites (N-methyl/N-ethyl adjacent to an activating group) is 1. The molecule has 3 heteroatoms. The van der Waals surface area contributed by atoms with Gasteiger partial charge >= 0.3 is 0 Å². The van der Waals surface area contributed by atoms with Crippen molar-refractivity contribution in [3.05, 3.63) is 0 Å². The SMILES string of the molecule is CNC(COC)COC1CCC(C)(C)CC1. The second-order valence-corrected chi connectivity index (χ2v) is 5.64. The molecule has 0 aromatic carbocycles. The van der Waals surface area contributed by atoms with Gasteiger partial charge in [0.05, 0.1) is 25.4 Å². The van der Waals surface area contributed by atoms with Gasteiger partial charge < -0.3 is 14.8 Å². The van der Waals surface area contributed by atoms with Crippen molar-refractivity contribution in [3.63, 3.8) is 0 Å². The zero-order valence-electron chi connectivity index (χ0n) is 11.2. The maximum Gasteiger partial charge on any atom is 0.0645 e. The van der Waals surface area contributed by atoms with Gasteiger partial charge in [0.1, 0.15) is 0 Å². The van der Waals surface area contributed by atoms with Crippen molar-refractivity contribution in [2.24, 2.45) is 5.41 Å². The summed E-state index contributed by atoms with van der Waals surface area (Å²) >= 11 is 0. The molecule has 1 aliphatic rings. The van der Waals surface area contributed by atoms with Gasteiger partial charge in [0, 0.05) is 7.11 Å². The lowest BCUT2D eigenvalue weighted by molar-refractivity contribution is -0.0138. The average Bonchev–Trinajstić information content (AvgIpc) is 2.26. The van der Waals surface area contributed by atoms with E-state index in [2.05, 4.69) is 19.2 Å². The second kappa shape index (κ2) is 6.58. The summed E-state index contributed by atoms with van der Waals surface area (Å²) < 4.78 is 11.1. The van der Waals surface area contributed by atoms with E-state index in [1.54, 1.807) is 7.11 Å². The van der Waals surface area contributed by atoms with Crippen LogP contribution in [0.4, 0.5) is 0 Å². The molecule has 3 nitrogen and oxygen atoms in total. The van der Waals surface area contributed by atoms with Crippen LogP contribution in [0.2, 0.25) is 0 Å². The number of ether oxygens (including phenoxy) is 2. The van der Waals surface area contributed by atoms with E-state index in [4.69, 9.17) is 9.47 Å². The van der Waals surface area contributed by atoms with E-state index in [-0.39, 0.29) is 0 Å². The molecule has 16 heavy (non-hydrogen) atoms. The Bertz CT molecular complexity index is 184. The molecule has 0 saturated heterocycles. The Kier molecular flexibility index (Phi) is 5.73. The molecule has 0 amide bonds. The Morgan fingerprint density at radius 3 is 2.38 bits per heavy atom. The summed E-state index contributed by atoms with van der Waals surface area (Å²) in [5.74, 6) is 0. The minimum atomic E-state index is 0.319. The molecule has 1 N–H and O–H groups in total. The first-order valence-electron chi connectivity index (χ1n) is 6.35. The van der Waals surface area contributed by atoms with Crippen molar-refractivity contribution in [1.82, 2.24) is 5.32 Å². The summed E-state index contributed by atoms with van der Waals surface area (Å²) in [4.78, 5) is 0. The fourth-order valence-electron chi connectivity index (χ4n) is 2.21. The van der Waals surface area contributed by atoms with Crippen LogP contribution in [0.25, 0.3) is 0 Å². The van der Waals surface area contributed by atoms with Crippen LogP contribution in [-0.2, 0) is 9.47 Å². The average molecular weight is 229 g/mol. The summed E-state index contributed by atoms with van der Waals surface area (Å²) in [6.07, 6.45) is 5.44. The lowest BCUT2D eigenvalue weighted by atomic mass is 9.76. The van der Waals surface area contributed by atoms with Gasteiger partial charge in [-0.3, -0.25) is 0 Å². The first-order valence-corrected chi connectivity index (χ1v) is 6.35. The second-order valence-electron chi connectivity index (χ2n) is 5.64. The van der Waals surface area contributed by atoms with Crippen LogP contribution in [0.15, 0.2) is 0 Å². The van der Waals surface area contributed by atoms with Gasteiger partial charge in [-0.05, 0) is 38.1 Å². The van der Waals surface area contributed by atoms with Gasteiger partial charge in [-0.15, -0.1) is 0 Å². The lowest BCUT2D eigenvalue weighted by Crippen LogP contribution is -2.37. The quantitative estimate of drug-likeness (QED) is 0.757. The molecule has 0 spiro atoms. The van der Waals surface area contributed by atoms with Gasteiger partial charge in [-0.1, -0.05) is 13.8 Å². The predicted molar refractivity (Wildman–Crippen MR) is 66.7 cm³/mol. The van der Waals surface area contributed by atoms with Crippen molar-refractivity contribution < 1.29 is 9.47 Å². The van der Waals surface area contributed by atoms with Gasteiger partial charge in [0.2, 0.25) is 0 Å². The number of hydrogen-bond donors (Lipinski definition) is 1. The molecule has 0 radical (unpaired) electrons. The minimum absolute atomic E-state index is 0.319. The predicted octanol–water partition coefficient (Wildman–Crippen LogP) is 2.21. The molecule has 1 fully saturated rings. The van der Waals surface area contributed by atoms with Crippen LogP contribution >= 0.6 is 0 Å². The highest BCUT2D eigenvalue weighted by Gasteiger charge is 2.27. The number of methoxy groups -OCH3 is 1. The topological polar surface area (TPSA) is 30.5 Å². The van der Waals surface area contributed by atoms with Crippen molar-refractivity contribution >= 4 is 0 Å². The first kappa shape index (κ1) is 13.9. The summed E-state index contributed by atoms with van der Waals surface area (Å²) in [5, 5.41) is 3.21. The number of nitrogens with one attached hydrogen (secondary N) is 1. The Labute approximate surface area is 99.9 Å². The molecule has 0 bridgehead atoms. The van der Waals surface area contributed by atoms with E-state index in [1.165, 1.54) is 25.7 Å². The van der Waals surface area contributed by atoms with Crippen molar-refractivity contribution in [1.29, 1.82) is 0 Å². The van der Waals surface area contributed by atoms with Crippen molar-refractivity contribution in [2.45, 2.75) is 51.7 Å². The summed E-state index contributed by atoms with van der Waals surface area (Å²) in [5.41, 5.74) is 0.523. The highest BCUT2D eigenvalue weighted by Crippen LogP contribution is 2.36. The highest BCUT2D eigenvalue weighted by atomic mass is 16.5. The third kappa shape index (κ3) is 4.81. The lowest BCUT2D eigenvalue weighted by Gasteiger charge is -2.34. The number of hydrogen-bond acceptors (Lipinski definition) is 3. The molecular formula is C13H27NO2. The molecule has 1 aliphatic carbocycles. The smallest absolute Gasteiger partial charge is 0.0645 e. The standard InChI is InChI=1S/C13H27NO2/c1-13(2)7-5-12(6-8-13)16-10-11(14-3)9-15-4/h11-12,14H,5-10H2,1-4H3. The van der Waals surface area contributed by atoms with E-state index in [0.717, 1.165) is 6.61 Å². The van der Waals surface area contributed by atoms with E-state index in [9.17, 15) is 0 Å². The molecule has 0 heterocycles. The molecule has 0 aromatic heterocycles. The van der Waals surface area contributed by atoms with Gasteiger partial charge in [-0.2, -0.15) is 0 Å². The Balaban J connectivity index is 2.18. The van der Waals surface area contributed by atoms with Crippen molar-refractivity contribution in [2.75, 3.05) is 27.4 Å². The molecule has 96 valence electrons. The molecular weight excluding hydrogens is 202 g/mol. The third-order valence-electron chi connectivity index (χ3n) is 3.60. The molecule has 0 aliphatic heterocycles. The molecule has 1 unspecified atom stereocenters. The van der Waals surface area contributed by atoms with Crippen LogP contribution in [0, 0.1) is 5.41 Å². The summed E-state index contributed by atoms with van der Waals surface area (Å²) in [6, 6.07) is 0.319. The maximum absolute atomic E-state index is 5.94. The number of rotatable bonds is 6. The van der Waals surface area contributed by atoms with Crippen LogP contribution < -0.4 is 5.32 Å². The monoisotopic (exact) mass is 229 g/mol. The molecule has 0 aromatic rings. The highest BCUT2D eigenvalue weighted by molar-refractivity contribution is 4.79. The van der Waals surface area contributed by atoms with Gasteiger partial charge in [0.15, 0.2) is 0 Å². The summed E-state index contributed by atoms with van der Waals surface area (Å²) in [7, 11) is 3.69. The fraction of sp³-hybridized carbons (Fsp3) is 1.00. The van der Waals surface area contributed by atoms with Crippen LogP contribution in [0.3, 0.4) is 0 Å². The zero-order valence-corrected chi connectivity index (χ0v) is 11.2. The van der Waals surface area contributed by atoms with Crippen LogP contribution in [0.5, 0.6) is 0 Å². The third-order valence-corrected chi connectivity index (χ3v) is 3.60. The normalized spacial score (nSPS) is 23.2. The molecule has 1 atom stereocenters. The van der Waals surface area contributed by atoms with Gasteiger partial charge in [-0.25, -0.2) is 0 Å². The fourth-order valence-corrected chi connectivity index (χ4v) is 2.21. The molecule has 1 saturated carbocycles. The van der Waals surface area contributed by atoms with Crippen molar-refractivity contribution in [3.8, 4) is 0 Å². The van der Waals surface area contributed by atoms with E-state index in [0.29, 0.717) is 24.2 Å². The Hall–Kier alpha value is -0.120. The van der Waals surface area contributed by atoms with Gasteiger partial charge in [0.25, 0.3) is 0 Å². The summed E-state index contributed by atoms with van der Waals surface area (Å²) in [6.45, 7) is 6.18.